The molecule has 194 valence electrons. The number of aliphatic carboxylic acids is 2. The molecule has 0 fully saturated rings. The van der Waals surface area contributed by atoms with Gasteiger partial charge >= 0.3 is 19.5 Å². The summed E-state index contributed by atoms with van der Waals surface area (Å²) in [5.41, 5.74) is 0. The van der Waals surface area contributed by atoms with Crippen molar-refractivity contribution in [1.29, 1.82) is 0 Å². The second-order valence-corrected chi connectivity index (χ2v) is 5.00. The van der Waals surface area contributed by atoms with Gasteiger partial charge in [-0.25, -0.2) is 19.9 Å². The number of hydrogen-bond donors (Lipinski definition) is 4. The van der Waals surface area contributed by atoms with Crippen LogP contribution < -0.4 is 10.2 Å². The zero-order chi connectivity index (χ0) is 20.2. The van der Waals surface area contributed by atoms with Gasteiger partial charge in [0.25, 0.3) is 0 Å². The van der Waals surface area contributed by atoms with Crippen molar-refractivity contribution in [1.82, 2.24) is 39.9 Å². The van der Waals surface area contributed by atoms with Gasteiger partial charge in [-0.2, -0.15) is 0 Å². The van der Waals surface area contributed by atoms with Gasteiger partial charge in [-0.15, -0.1) is 0 Å². The van der Waals surface area contributed by atoms with E-state index in [2.05, 4.69) is 39.9 Å². The summed E-state index contributed by atoms with van der Waals surface area (Å²) in [5.74, 6) is 0.341. The average molecular weight is 560 g/mol. The first-order valence-electron chi connectivity index (χ1n) is 7.94. The molecule has 0 amide bonds. The second kappa shape index (κ2) is 24.8. The number of carboxylic acid groups (broad SMARTS) is 2. The summed E-state index contributed by atoms with van der Waals surface area (Å²) in [6.07, 6.45) is 12.9. The molecule has 0 saturated carbocycles. The summed E-state index contributed by atoms with van der Waals surface area (Å²) in [7, 11) is 0. The van der Waals surface area contributed by atoms with E-state index in [1.807, 2.05) is 0 Å². The van der Waals surface area contributed by atoms with Gasteiger partial charge in [0.05, 0.1) is 0 Å². The summed E-state index contributed by atoms with van der Waals surface area (Å²) in [5, 5.41) is 19.0. The number of aromatic amines is 4. The summed E-state index contributed by atoms with van der Waals surface area (Å²) in [6, 6.07) is 0. The number of hydrogen-bond acceptors (Lipinski definition) is 8. The normalized spacial score (nSPS) is 7.66. The van der Waals surface area contributed by atoms with E-state index in [-0.39, 0.29) is 52.3 Å². The number of carbonyl (C=O) groups is 2. The quantitative estimate of drug-likeness (QED) is 0.134. The molecule has 0 aliphatic carbocycles. The minimum atomic E-state index is -1.37. The van der Waals surface area contributed by atoms with E-state index < -0.39 is 24.8 Å². The first kappa shape index (κ1) is 44.8. The molecule has 4 aromatic rings. The van der Waals surface area contributed by atoms with Crippen molar-refractivity contribution in [3.63, 3.8) is 0 Å². The van der Waals surface area contributed by atoms with Crippen molar-refractivity contribution in [3.05, 3.63) is 49.6 Å². The minimum Gasteiger partial charge on any atom is -0.550 e. The number of H-pyrrole nitrogens is 4. The third-order valence-corrected chi connectivity index (χ3v) is 2.97. The summed E-state index contributed by atoms with van der Waals surface area (Å²) < 4.78 is 0. The monoisotopic (exact) mass is 558 g/mol. The average Bonchev–Trinajstić information content (AvgIpc) is 3.48. The van der Waals surface area contributed by atoms with Crippen LogP contribution in [0.4, 0.5) is 0 Å². The number of nitrogens with one attached hydrogen (secondary N) is 4. The number of rotatable bonds is 5. The Morgan fingerprint density at radius 1 is 0.571 bits per heavy atom. The second-order valence-electron chi connectivity index (χ2n) is 5.00. The molecule has 4 rings (SSSR count). The van der Waals surface area contributed by atoms with E-state index in [9.17, 15) is 19.8 Å². The predicted octanol–water partition coefficient (Wildman–Crippen LogP) is -6.28. The molecule has 0 bridgehead atoms. The Balaban J connectivity index is -0.0000000826. The maximum atomic E-state index is 9.50. The third-order valence-electron chi connectivity index (χ3n) is 2.97. The van der Waals surface area contributed by atoms with E-state index in [4.69, 9.17) is 0 Å². The molecule has 0 saturated heterocycles. The van der Waals surface area contributed by atoms with Crippen LogP contribution in [0.2, 0.25) is 0 Å². The smallest absolute Gasteiger partial charge is 0.550 e. The van der Waals surface area contributed by atoms with Crippen LogP contribution >= 0.6 is 0 Å². The molecule has 4 heterocycles. The number of imidazole rings is 4. The Labute approximate surface area is 209 Å². The van der Waals surface area contributed by atoms with Gasteiger partial charge in [-0.1, -0.05) is 0 Å². The van der Waals surface area contributed by atoms with E-state index in [0.717, 1.165) is 23.3 Å². The molecule has 0 unspecified atom stereocenters. The van der Waals surface area contributed by atoms with E-state index in [0.29, 0.717) is 0 Å². The maximum absolute atomic E-state index is 9.50. The van der Waals surface area contributed by atoms with Crippen molar-refractivity contribution in [2.75, 3.05) is 0 Å². The maximum Gasteiger partial charge on any atom is 2.00 e. The summed E-state index contributed by atoms with van der Waals surface area (Å²) >= 11 is 0. The number of carboxylic acids is 2. The minimum absolute atomic E-state index is 0. The topological polar surface area (TPSA) is 387 Å². The molecule has 0 aliphatic heterocycles. The van der Waals surface area contributed by atoms with Gasteiger partial charge in [-0.05, 0) is 12.8 Å². The zero-order valence-electron chi connectivity index (χ0n) is 18.3. The summed E-state index contributed by atoms with van der Waals surface area (Å²) in [6.45, 7) is 0. The van der Waals surface area contributed by atoms with Gasteiger partial charge in [0.2, 0.25) is 0 Å². The molecule has 0 atom stereocenters. The van der Waals surface area contributed by atoms with Crippen LogP contribution in [-0.2, 0) is 40.0 Å². The Kier molecular flexibility index (Phi) is 31.7. The van der Waals surface area contributed by atoms with Crippen molar-refractivity contribution in [3.8, 4) is 23.3 Å². The Morgan fingerprint density at radius 2 is 0.771 bits per heavy atom. The van der Waals surface area contributed by atoms with Gasteiger partial charge in [0.15, 0.2) is 23.3 Å². The SMILES string of the molecule is O.O.O.O.O=C([O-])CCC(=O)[O-].[OH3+].[OH3+].[Zn+2].c1c[nH]c(-c2ncc[nH]2)n1.c1c[nH]c(-c2ncc[nH]2)n1. The van der Waals surface area contributed by atoms with Crippen LogP contribution in [0.25, 0.3) is 23.3 Å². The number of carbonyl (C=O) groups excluding carboxylic acids is 2. The van der Waals surface area contributed by atoms with E-state index in [1.165, 1.54) is 0 Å². The van der Waals surface area contributed by atoms with Gasteiger partial charge in [0.1, 0.15) is 0 Å². The zero-order valence-corrected chi connectivity index (χ0v) is 21.3. The van der Waals surface area contributed by atoms with Gasteiger partial charge in [-0.3, -0.25) is 0 Å². The Bertz CT molecular complexity index is 793. The first-order chi connectivity index (χ1) is 13.6. The number of nitrogens with zero attached hydrogens (tertiary/aromatic N) is 4. The largest absolute Gasteiger partial charge is 2.00 e. The van der Waals surface area contributed by atoms with Gasteiger partial charge < -0.3 is 72.6 Å². The fourth-order valence-electron chi connectivity index (χ4n) is 1.78. The Morgan fingerprint density at radius 3 is 0.886 bits per heavy atom. The van der Waals surface area contributed by atoms with Crippen LogP contribution in [0.3, 0.4) is 0 Å². The molecule has 18 N–H and O–H groups in total. The first-order valence-corrected chi connectivity index (χ1v) is 7.94. The molecular formula is C16H30N8O10Zn+2. The van der Waals surface area contributed by atoms with Crippen LogP contribution in [0.15, 0.2) is 49.6 Å². The van der Waals surface area contributed by atoms with E-state index >= 15 is 0 Å². The standard InChI is InChI=1S/2C6H6N4.C4H6O4.6H2O.Zn/c2*1-2-8-5(7-1)6-9-3-4-10-6;5-3(6)1-2-4(7)8;;;;;;;/h2*1-4H,(H,7,8)(H,9,10);1-2H2,(H,5,6)(H,7,8);6*1H2;/q;;;;;;;;;+2. The molecule has 0 aliphatic rings. The Hall–Kier alpha value is -3.84. The van der Waals surface area contributed by atoms with Gasteiger partial charge in [0, 0.05) is 61.5 Å². The third kappa shape index (κ3) is 17.3. The van der Waals surface area contributed by atoms with E-state index in [1.54, 1.807) is 49.6 Å². The molecule has 19 heteroatoms. The molecule has 18 nitrogen and oxygen atoms in total. The van der Waals surface area contributed by atoms with Crippen LogP contribution in [0.1, 0.15) is 12.8 Å². The molecule has 35 heavy (non-hydrogen) atoms. The molecular weight excluding hydrogens is 530 g/mol. The fourth-order valence-corrected chi connectivity index (χ4v) is 1.78. The van der Waals surface area contributed by atoms with Crippen LogP contribution in [0.5, 0.6) is 0 Å². The van der Waals surface area contributed by atoms with Crippen molar-refractivity contribution in [2.24, 2.45) is 0 Å². The molecule has 0 aromatic carbocycles. The fraction of sp³-hybridized carbons (Fsp3) is 0.125. The van der Waals surface area contributed by atoms with Crippen LogP contribution in [-0.4, -0.2) is 73.7 Å². The molecule has 0 radical (unpaired) electrons. The predicted molar refractivity (Wildman–Crippen MR) is 116 cm³/mol. The molecule has 0 spiro atoms. The number of aromatic nitrogens is 8. The summed E-state index contributed by atoms with van der Waals surface area (Å²) in [4.78, 5) is 46.8. The van der Waals surface area contributed by atoms with Crippen molar-refractivity contribution in [2.45, 2.75) is 12.8 Å². The van der Waals surface area contributed by atoms with Crippen LogP contribution in [0, 0.1) is 0 Å². The van der Waals surface area contributed by atoms with Crippen molar-refractivity contribution < 1.29 is 72.1 Å². The van der Waals surface area contributed by atoms with Crippen molar-refractivity contribution >= 4 is 11.9 Å². The molecule has 4 aromatic heterocycles.